The van der Waals surface area contributed by atoms with E-state index >= 15 is 0 Å². The number of hydrogen-bond donors (Lipinski definition) is 2. The number of hydrogen-bond acceptors (Lipinski definition) is 3. The van der Waals surface area contributed by atoms with E-state index < -0.39 is 22.4 Å². The van der Waals surface area contributed by atoms with Gasteiger partial charge in [0.15, 0.2) is 0 Å². The maximum Gasteiger partial charge on any atom is 0.240 e. The summed E-state index contributed by atoms with van der Waals surface area (Å²) in [7, 11) is -3.68. The smallest absolute Gasteiger partial charge is 0.240 e. The van der Waals surface area contributed by atoms with Gasteiger partial charge in [-0.25, -0.2) is 17.5 Å². The lowest BCUT2D eigenvalue weighted by molar-refractivity contribution is 0.275. The summed E-state index contributed by atoms with van der Waals surface area (Å²) in [4.78, 5) is -0.0372. The largest absolute Gasteiger partial charge is 0.392 e. The van der Waals surface area contributed by atoms with Crippen molar-refractivity contribution in [3.05, 3.63) is 29.6 Å². The Balaban J connectivity index is 2.95. The number of rotatable bonds is 6. The normalized spacial score (nSPS) is 12.7. The fraction of sp³-hybridized carbons (Fsp3) is 0.538. The predicted octanol–water partition coefficient (Wildman–Crippen LogP) is 2.03. The molecule has 0 radical (unpaired) electrons. The first-order valence-electron chi connectivity index (χ1n) is 6.11. The molecule has 2 N–H and O–H groups in total. The molecule has 4 nitrogen and oxygen atoms in total. The minimum absolute atomic E-state index is 0.0300. The highest BCUT2D eigenvalue weighted by Gasteiger charge is 2.21. The van der Waals surface area contributed by atoms with Crippen molar-refractivity contribution in [3.63, 3.8) is 0 Å². The SMILES string of the molecule is CCC(C)(C)CNS(=O)(=O)c1ccc(F)c(CO)c1. The average molecular weight is 289 g/mol. The van der Waals surface area contributed by atoms with Gasteiger partial charge in [0.05, 0.1) is 11.5 Å². The maximum absolute atomic E-state index is 13.2. The number of nitrogens with one attached hydrogen (secondary N) is 1. The zero-order chi connectivity index (χ0) is 14.7. The Kier molecular flexibility index (Phi) is 5.06. The third-order valence-electron chi connectivity index (χ3n) is 3.20. The average Bonchev–Trinajstić information content (AvgIpc) is 2.37. The Morgan fingerprint density at radius 1 is 1.37 bits per heavy atom. The molecule has 0 saturated heterocycles. The van der Waals surface area contributed by atoms with Crippen LogP contribution >= 0.6 is 0 Å². The van der Waals surface area contributed by atoms with Crippen LogP contribution in [0.1, 0.15) is 32.8 Å². The first kappa shape index (κ1) is 16.1. The Hall–Kier alpha value is -0.980. The molecule has 0 aromatic heterocycles. The number of aliphatic hydroxyl groups excluding tert-OH is 1. The predicted molar refractivity (Wildman–Crippen MR) is 71.6 cm³/mol. The molecule has 0 fully saturated rings. The molecule has 0 aliphatic carbocycles. The van der Waals surface area contributed by atoms with Crippen molar-refractivity contribution in [1.29, 1.82) is 0 Å². The van der Waals surface area contributed by atoms with Gasteiger partial charge in [0, 0.05) is 12.1 Å². The second kappa shape index (κ2) is 5.98. The van der Waals surface area contributed by atoms with Crippen molar-refractivity contribution in [1.82, 2.24) is 4.72 Å². The summed E-state index contributed by atoms with van der Waals surface area (Å²) in [5.74, 6) is -0.615. The second-order valence-corrected chi connectivity index (χ2v) is 7.02. The molecule has 1 aromatic rings. The van der Waals surface area contributed by atoms with Gasteiger partial charge in [-0.05, 0) is 30.0 Å². The molecule has 1 aromatic carbocycles. The molecule has 0 bridgehead atoms. The fourth-order valence-corrected chi connectivity index (χ4v) is 2.63. The maximum atomic E-state index is 13.2. The van der Waals surface area contributed by atoms with Crippen LogP contribution in [0.2, 0.25) is 0 Å². The Morgan fingerprint density at radius 2 is 2.00 bits per heavy atom. The van der Waals surface area contributed by atoms with Crippen LogP contribution in [-0.4, -0.2) is 20.1 Å². The second-order valence-electron chi connectivity index (χ2n) is 5.25. The summed E-state index contributed by atoms with van der Waals surface area (Å²) in [5, 5.41) is 8.95. The summed E-state index contributed by atoms with van der Waals surface area (Å²) in [5.41, 5.74) is -0.176. The summed E-state index contributed by atoms with van der Waals surface area (Å²) in [6, 6.07) is 3.39. The molecule has 6 heteroatoms. The Bertz CT molecular complexity index is 541. The van der Waals surface area contributed by atoms with Crippen LogP contribution in [0.3, 0.4) is 0 Å². The van der Waals surface area contributed by atoms with E-state index in [1.54, 1.807) is 0 Å². The van der Waals surface area contributed by atoms with Gasteiger partial charge in [-0.2, -0.15) is 0 Å². The summed E-state index contributed by atoms with van der Waals surface area (Å²) >= 11 is 0. The summed E-state index contributed by atoms with van der Waals surface area (Å²) in [6.45, 7) is 5.67. The van der Waals surface area contributed by atoms with Gasteiger partial charge >= 0.3 is 0 Å². The lowest BCUT2D eigenvalue weighted by Gasteiger charge is -2.22. The van der Waals surface area contributed by atoms with Crippen molar-refractivity contribution in [2.45, 2.75) is 38.7 Å². The van der Waals surface area contributed by atoms with Gasteiger partial charge in [0.25, 0.3) is 0 Å². The molecule has 0 saturated carbocycles. The molecule has 0 aliphatic rings. The van der Waals surface area contributed by atoms with E-state index in [0.717, 1.165) is 18.6 Å². The quantitative estimate of drug-likeness (QED) is 0.842. The number of halogens is 1. The molecule has 108 valence electrons. The third kappa shape index (κ3) is 4.26. The fourth-order valence-electron chi connectivity index (χ4n) is 1.34. The lowest BCUT2D eigenvalue weighted by atomic mass is 9.91. The molecule has 0 unspecified atom stereocenters. The van der Waals surface area contributed by atoms with E-state index in [1.807, 2.05) is 20.8 Å². The van der Waals surface area contributed by atoms with Crippen molar-refractivity contribution in [2.24, 2.45) is 5.41 Å². The lowest BCUT2D eigenvalue weighted by Crippen LogP contribution is -2.33. The van der Waals surface area contributed by atoms with E-state index in [4.69, 9.17) is 5.11 Å². The Labute approximate surface area is 113 Å². The molecule has 0 atom stereocenters. The first-order chi connectivity index (χ1) is 8.72. The number of aliphatic hydroxyl groups is 1. The summed E-state index contributed by atoms with van der Waals surface area (Å²) in [6.07, 6.45) is 0.834. The van der Waals surface area contributed by atoms with Gasteiger partial charge in [-0.15, -0.1) is 0 Å². The molecule has 0 spiro atoms. The minimum atomic E-state index is -3.68. The molecule has 1 rings (SSSR count). The monoisotopic (exact) mass is 289 g/mol. The van der Waals surface area contributed by atoms with Crippen LogP contribution in [0, 0.1) is 11.2 Å². The van der Waals surface area contributed by atoms with Crippen LogP contribution in [0.15, 0.2) is 23.1 Å². The third-order valence-corrected chi connectivity index (χ3v) is 4.59. The molecular formula is C13H20FNO3S. The Morgan fingerprint density at radius 3 is 2.53 bits per heavy atom. The minimum Gasteiger partial charge on any atom is -0.392 e. The van der Waals surface area contributed by atoms with Crippen LogP contribution in [-0.2, 0) is 16.6 Å². The van der Waals surface area contributed by atoms with Crippen molar-refractivity contribution in [3.8, 4) is 0 Å². The van der Waals surface area contributed by atoms with Gasteiger partial charge < -0.3 is 5.11 Å². The van der Waals surface area contributed by atoms with Gasteiger partial charge in [0.2, 0.25) is 10.0 Å². The number of sulfonamides is 1. The zero-order valence-corrected chi connectivity index (χ0v) is 12.2. The highest BCUT2D eigenvalue weighted by Crippen LogP contribution is 2.20. The highest BCUT2D eigenvalue weighted by atomic mass is 32.2. The van der Waals surface area contributed by atoms with E-state index in [2.05, 4.69) is 4.72 Å². The van der Waals surface area contributed by atoms with E-state index in [9.17, 15) is 12.8 Å². The first-order valence-corrected chi connectivity index (χ1v) is 7.59. The van der Waals surface area contributed by atoms with Crippen molar-refractivity contribution in [2.75, 3.05) is 6.54 Å². The molecule has 0 amide bonds. The van der Waals surface area contributed by atoms with Crippen LogP contribution in [0.4, 0.5) is 4.39 Å². The molecule has 19 heavy (non-hydrogen) atoms. The van der Waals surface area contributed by atoms with Crippen LogP contribution in [0.25, 0.3) is 0 Å². The standard InChI is InChI=1S/C13H20FNO3S/c1-4-13(2,3)9-15-19(17,18)11-5-6-12(14)10(7-11)8-16/h5-7,15-16H,4,8-9H2,1-3H3. The number of benzene rings is 1. The van der Waals surface area contributed by atoms with Crippen molar-refractivity contribution >= 4 is 10.0 Å². The molecular weight excluding hydrogens is 269 g/mol. The molecule has 0 heterocycles. The van der Waals surface area contributed by atoms with E-state index in [0.29, 0.717) is 6.54 Å². The van der Waals surface area contributed by atoms with Crippen LogP contribution in [0.5, 0.6) is 0 Å². The summed E-state index contributed by atoms with van der Waals surface area (Å²) < 4.78 is 39.8. The van der Waals surface area contributed by atoms with Gasteiger partial charge in [-0.1, -0.05) is 20.8 Å². The zero-order valence-electron chi connectivity index (χ0n) is 11.4. The van der Waals surface area contributed by atoms with Gasteiger partial charge in [0.1, 0.15) is 5.82 Å². The van der Waals surface area contributed by atoms with Crippen molar-refractivity contribution < 1.29 is 17.9 Å². The van der Waals surface area contributed by atoms with E-state index in [-0.39, 0.29) is 15.9 Å². The highest BCUT2D eigenvalue weighted by molar-refractivity contribution is 7.89. The van der Waals surface area contributed by atoms with Gasteiger partial charge in [-0.3, -0.25) is 0 Å². The van der Waals surface area contributed by atoms with E-state index in [1.165, 1.54) is 6.07 Å². The topological polar surface area (TPSA) is 66.4 Å². The van der Waals surface area contributed by atoms with Crippen LogP contribution < -0.4 is 4.72 Å². The molecule has 0 aliphatic heterocycles.